The average molecular weight is 396 g/mol. The van der Waals surface area contributed by atoms with Crippen LogP contribution in [0.4, 0.5) is 0 Å². The molecule has 5 rings (SSSR count). The van der Waals surface area contributed by atoms with Gasteiger partial charge in [-0.3, -0.25) is 4.79 Å². The molecule has 0 aliphatic carbocycles. The zero-order valence-corrected chi connectivity index (χ0v) is 16.9. The van der Waals surface area contributed by atoms with Crippen molar-refractivity contribution in [2.24, 2.45) is 5.92 Å². The Balaban J connectivity index is 1.39. The lowest BCUT2D eigenvalue weighted by Gasteiger charge is -2.33. The van der Waals surface area contributed by atoms with Gasteiger partial charge in [0, 0.05) is 31.1 Å². The predicted molar refractivity (Wildman–Crippen MR) is 110 cm³/mol. The Hall–Kier alpha value is -2.18. The number of nitrogens with zero attached hydrogens (tertiary/aromatic N) is 3. The number of fused-ring (bicyclic) bond motifs is 1. The maximum absolute atomic E-state index is 13.4. The van der Waals surface area contributed by atoms with Crippen LogP contribution in [0.5, 0.6) is 0 Å². The van der Waals surface area contributed by atoms with Crippen molar-refractivity contribution in [2.45, 2.75) is 51.4 Å². The highest BCUT2D eigenvalue weighted by Crippen LogP contribution is 2.30. The minimum atomic E-state index is -0.0826. The highest BCUT2D eigenvalue weighted by Gasteiger charge is 2.34. The number of benzene rings is 1. The van der Waals surface area contributed by atoms with Crippen molar-refractivity contribution >= 4 is 5.91 Å². The van der Waals surface area contributed by atoms with Gasteiger partial charge in [-0.05, 0) is 32.1 Å². The molecular weight excluding hydrogens is 366 g/mol. The van der Waals surface area contributed by atoms with E-state index in [0.717, 1.165) is 68.8 Å². The number of amides is 1. The third kappa shape index (κ3) is 3.71. The van der Waals surface area contributed by atoms with E-state index in [0.29, 0.717) is 24.8 Å². The molecule has 0 saturated carbocycles. The smallest absolute Gasteiger partial charge is 0.274 e. The van der Waals surface area contributed by atoms with Gasteiger partial charge in [0.2, 0.25) is 0 Å². The molecule has 4 heterocycles. The molecule has 6 nitrogen and oxygen atoms in total. The molecule has 154 valence electrons. The van der Waals surface area contributed by atoms with E-state index in [9.17, 15) is 4.79 Å². The highest BCUT2D eigenvalue weighted by molar-refractivity contribution is 5.94. The minimum Gasteiger partial charge on any atom is -0.350 e. The second kappa shape index (κ2) is 8.28. The Labute approximate surface area is 171 Å². The molecule has 0 bridgehead atoms. The van der Waals surface area contributed by atoms with Gasteiger partial charge in [0.1, 0.15) is 11.5 Å². The van der Waals surface area contributed by atoms with Crippen molar-refractivity contribution in [3.05, 3.63) is 41.7 Å². The molecule has 1 aromatic heterocycles. The van der Waals surface area contributed by atoms with E-state index in [1.54, 1.807) is 0 Å². The number of likely N-dealkylation sites (tertiary alicyclic amines) is 1. The second-order valence-electron chi connectivity index (χ2n) is 8.30. The van der Waals surface area contributed by atoms with E-state index in [1.807, 2.05) is 23.1 Å². The number of ether oxygens (including phenoxy) is 2. The standard InChI is InChI=1S/C23H29N3O3/c27-22(25-13-10-18(11-14-25)23-28-15-16-29-23)20-19-9-5-2-6-12-26(19)21(24-20)17-7-3-1-4-8-17/h1,3-4,7-8,18,23H,2,5-6,9-16H2. The van der Waals surface area contributed by atoms with Crippen molar-refractivity contribution in [3.8, 4) is 11.4 Å². The number of piperidine rings is 1. The van der Waals surface area contributed by atoms with E-state index < -0.39 is 0 Å². The summed E-state index contributed by atoms with van der Waals surface area (Å²) >= 11 is 0. The summed E-state index contributed by atoms with van der Waals surface area (Å²) in [5, 5.41) is 0. The molecule has 0 unspecified atom stereocenters. The van der Waals surface area contributed by atoms with Gasteiger partial charge in [0.05, 0.1) is 18.9 Å². The molecule has 0 radical (unpaired) electrons. The molecule has 2 fully saturated rings. The molecule has 3 aliphatic rings. The van der Waals surface area contributed by atoms with Crippen LogP contribution in [-0.2, 0) is 22.4 Å². The van der Waals surface area contributed by atoms with Gasteiger partial charge < -0.3 is 18.9 Å². The Morgan fingerprint density at radius 1 is 0.966 bits per heavy atom. The van der Waals surface area contributed by atoms with Gasteiger partial charge in [-0.2, -0.15) is 0 Å². The van der Waals surface area contributed by atoms with Crippen molar-refractivity contribution in [2.75, 3.05) is 26.3 Å². The largest absolute Gasteiger partial charge is 0.350 e. The van der Waals surface area contributed by atoms with Crippen molar-refractivity contribution in [1.82, 2.24) is 14.5 Å². The molecule has 1 amide bonds. The van der Waals surface area contributed by atoms with Crippen LogP contribution >= 0.6 is 0 Å². The predicted octanol–water partition coefficient (Wildman–Crippen LogP) is 3.50. The minimum absolute atomic E-state index is 0.0826. The number of hydrogen-bond donors (Lipinski definition) is 0. The van der Waals surface area contributed by atoms with Crippen molar-refractivity contribution < 1.29 is 14.3 Å². The van der Waals surface area contributed by atoms with Crippen LogP contribution in [0.1, 0.15) is 48.3 Å². The van der Waals surface area contributed by atoms with Crippen LogP contribution in [0.15, 0.2) is 30.3 Å². The van der Waals surface area contributed by atoms with E-state index >= 15 is 0 Å². The quantitative estimate of drug-likeness (QED) is 0.798. The highest BCUT2D eigenvalue weighted by atomic mass is 16.7. The number of imidazole rings is 1. The Morgan fingerprint density at radius 2 is 1.72 bits per heavy atom. The topological polar surface area (TPSA) is 56.6 Å². The Bertz CT molecular complexity index is 850. The number of carbonyl (C=O) groups excluding carboxylic acids is 1. The maximum atomic E-state index is 13.4. The monoisotopic (exact) mass is 395 g/mol. The van der Waals surface area contributed by atoms with Crippen LogP contribution in [0, 0.1) is 5.92 Å². The van der Waals surface area contributed by atoms with Gasteiger partial charge >= 0.3 is 0 Å². The van der Waals surface area contributed by atoms with E-state index in [-0.39, 0.29) is 12.2 Å². The molecule has 1 aromatic carbocycles. The lowest BCUT2D eigenvalue weighted by Crippen LogP contribution is -2.42. The molecule has 6 heteroatoms. The van der Waals surface area contributed by atoms with Gasteiger partial charge in [-0.25, -0.2) is 4.98 Å². The summed E-state index contributed by atoms with van der Waals surface area (Å²) < 4.78 is 13.6. The van der Waals surface area contributed by atoms with Crippen LogP contribution in [0.3, 0.4) is 0 Å². The molecular formula is C23H29N3O3. The van der Waals surface area contributed by atoms with Crippen molar-refractivity contribution in [1.29, 1.82) is 0 Å². The first kappa shape index (κ1) is 18.8. The molecule has 0 atom stereocenters. The maximum Gasteiger partial charge on any atom is 0.274 e. The van der Waals surface area contributed by atoms with E-state index in [2.05, 4.69) is 16.7 Å². The van der Waals surface area contributed by atoms with Crippen LogP contribution in [0.25, 0.3) is 11.4 Å². The van der Waals surface area contributed by atoms with Crippen LogP contribution in [0.2, 0.25) is 0 Å². The third-order valence-electron chi connectivity index (χ3n) is 6.46. The summed E-state index contributed by atoms with van der Waals surface area (Å²) in [7, 11) is 0. The number of carbonyl (C=O) groups is 1. The normalized spacial score (nSPS) is 21.2. The zero-order valence-electron chi connectivity index (χ0n) is 16.9. The lowest BCUT2D eigenvalue weighted by molar-refractivity contribution is -0.0956. The SMILES string of the molecule is O=C(c1nc(-c2ccccc2)n2c1CCCCC2)N1CCC(C2OCCO2)CC1. The van der Waals surface area contributed by atoms with Crippen LogP contribution < -0.4 is 0 Å². The van der Waals surface area contributed by atoms with Gasteiger partial charge in [0.25, 0.3) is 5.91 Å². The lowest BCUT2D eigenvalue weighted by atomic mass is 9.96. The molecule has 0 spiro atoms. The van der Waals surface area contributed by atoms with E-state index in [4.69, 9.17) is 14.5 Å². The first-order chi connectivity index (χ1) is 14.3. The number of hydrogen-bond acceptors (Lipinski definition) is 4. The summed E-state index contributed by atoms with van der Waals surface area (Å²) in [4.78, 5) is 20.3. The fourth-order valence-electron chi connectivity index (χ4n) is 4.87. The van der Waals surface area contributed by atoms with Crippen LogP contribution in [-0.4, -0.2) is 53.0 Å². The molecule has 2 saturated heterocycles. The molecule has 0 N–H and O–H groups in total. The summed E-state index contributed by atoms with van der Waals surface area (Å²) in [6.45, 7) is 3.82. The molecule has 2 aromatic rings. The molecule has 29 heavy (non-hydrogen) atoms. The van der Waals surface area contributed by atoms with E-state index in [1.165, 1.54) is 6.42 Å². The first-order valence-corrected chi connectivity index (χ1v) is 11.0. The van der Waals surface area contributed by atoms with Gasteiger partial charge in [-0.1, -0.05) is 36.8 Å². The zero-order chi connectivity index (χ0) is 19.6. The van der Waals surface area contributed by atoms with Gasteiger partial charge in [-0.15, -0.1) is 0 Å². The fourth-order valence-corrected chi connectivity index (χ4v) is 4.87. The van der Waals surface area contributed by atoms with Gasteiger partial charge in [0.15, 0.2) is 6.29 Å². The van der Waals surface area contributed by atoms with Crippen molar-refractivity contribution in [3.63, 3.8) is 0 Å². The Kier molecular flexibility index (Phi) is 5.38. The second-order valence-corrected chi connectivity index (χ2v) is 8.30. The first-order valence-electron chi connectivity index (χ1n) is 11.0. The third-order valence-corrected chi connectivity index (χ3v) is 6.46. The summed E-state index contributed by atoms with van der Waals surface area (Å²) in [5.41, 5.74) is 2.87. The summed E-state index contributed by atoms with van der Waals surface area (Å²) in [6.07, 6.45) is 6.18. The summed E-state index contributed by atoms with van der Waals surface area (Å²) in [6, 6.07) is 10.3. The fraction of sp³-hybridized carbons (Fsp3) is 0.565. The Morgan fingerprint density at radius 3 is 2.48 bits per heavy atom. The summed E-state index contributed by atoms with van der Waals surface area (Å²) in [5.74, 6) is 1.42. The number of aromatic nitrogens is 2. The molecule has 3 aliphatic heterocycles. The number of rotatable bonds is 3. The average Bonchev–Trinajstić information content (AvgIpc) is 3.37.